The number of amides is 1. The molecule has 0 heterocycles. The summed E-state index contributed by atoms with van der Waals surface area (Å²) in [7, 11) is -3.96. The number of ether oxygens (including phenoxy) is 1. The first-order chi connectivity index (χ1) is 13.8. The van der Waals surface area contributed by atoms with Crippen LogP contribution in [0.1, 0.15) is 29.8 Å². The van der Waals surface area contributed by atoms with E-state index in [1.165, 1.54) is 17.0 Å². The van der Waals surface area contributed by atoms with E-state index in [0.29, 0.717) is 13.1 Å². The van der Waals surface area contributed by atoms with Crippen molar-refractivity contribution in [2.75, 3.05) is 19.7 Å². The minimum atomic E-state index is -3.96. The second-order valence-electron chi connectivity index (χ2n) is 6.10. The van der Waals surface area contributed by atoms with E-state index in [1.54, 1.807) is 24.3 Å². The Morgan fingerprint density at radius 3 is 2.34 bits per heavy atom. The number of sulfonamides is 1. The summed E-state index contributed by atoms with van der Waals surface area (Å²) >= 11 is 6.04. The first kappa shape index (κ1) is 22.9. The predicted molar refractivity (Wildman–Crippen MR) is 110 cm³/mol. The Balaban J connectivity index is 2.11. The fraction of sp³-hybridized carbons (Fsp3) is 0.300. The molecule has 0 unspecified atom stereocenters. The number of halogens is 1. The second kappa shape index (κ2) is 10.4. The van der Waals surface area contributed by atoms with Crippen molar-refractivity contribution >= 4 is 33.5 Å². The van der Waals surface area contributed by atoms with Gasteiger partial charge in [-0.15, -0.1) is 0 Å². The summed E-state index contributed by atoms with van der Waals surface area (Å²) in [5.41, 5.74) is 0.763. The molecule has 0 aliphatic heterocycles. The van der Waals surface area contributed by atoms with Gasteiger partial charge in [-0.25, -0.2) is 17.9 Å². The van der Waals surface area contributed by atoms with Gasteiger partial charge in [0.1, 0.15) is 4.90 Å². The molecule has 9 heteroatoms. The van der Waals surface area contributed by atoms with Crippen molar-refractivity contribution < 1.29 is 22.7 Å². The number of likely N-dealkylation sites (N-methyl/N-ethyl adjacent to an activating group) is 1. The molecule has 2 aromatic carbocycles. The van der Waals surface area contributed by atoms with Gasteiger partial charge >= 0.3 is 5.97 Å². The Morgan fingerprint density at radius 2 is 1.72 bits per heavy atom. The van der Waals surface area contributed by atoms with Crippen LogP contribution in [0.25, 0.3) is 0 Å². The third-order valence-electron chi connectivity index (χ3n) is 4.21. The van der Waals surface area contributed by atoms with Gasteiger partial charge in [-0.05, 0) is 37.6 Å². The molecule has 0 spiro atoms. The maximum Gasteiger partial charge on any atom is 0.338 e. The normalized spacial score (nSPS) is 11.1. The van der Waals surface area contributed by atoms with Gasteiger partial charge in [0, 0.05) is 19.6 Å². The summed E-state index contributed by atoms with van der Waals surface area (Å²) in [5, 5.41) is -0.0265. The Labute approximate surface area is 175 Å². The van der Waals surface area contributed by atoms with Crippen LogP contribution in [0.5, 0.6) is 0 Å². The molecule has 29 heavy (non-hydrogen) atoms. The van der Waals surface area contributed by atoms with Gasteiger partial charge in [0.15, 0.2) is 6.61 Å². The molecule has 156 valence electrons. The highest BCUT2D eigenvalue weighted by Crippen LogP contribution is 2.23. The molecule has 0 saturated heterocycles. The van der Waals surface area contributed by atoms with E-state index in [9.17, 15) is 18.0 Å². The molecule has 1 amide bonds. The molecular weight excluding hydrogens is 416 g/mol. The molecule has 0 atom stereocenters. The largest absolute Gasteiger partial charge is 0.452 e. The van der Waals surface area contributed by atoms with E-state index < -0.39 is 22.6 Å². The number of nitrogens with one attached hydrogen (secondary N) is 1. The number of carbonyl (C=O) groups excluding carboxylic acids is 2. The fourth-order valence-electron chi connectivity index (χ4n) is 2.57. The predicted octanol–water partition coefficient (Wildman–Crippen LogP) is 2.84. The average Bonchev–Trinajstić information content (AvgIpc) is 2.72. The van der Waals surface area contributed by atoms with E-state index in [0.717, 1.165) is 11.6 Å². The van der Waals surface area contributed by atoms with Crippen LogP contribution >= 0.6 is 11.6 Å². The van der Waals surface area contributed by atoms with Crippen LogP contribution in [0.4, 0.5) is 0 Å². The van der Waals surface area contributed by atoms with Gasteiger partial charge < -0.3 is 9.64 Å². The molecule has 2 rings (SSSR count). The standard InChI is InChI=1S/C20H23ClN2O5S/c1-3-23(4-2)19(24)14-28-20(25)16-10-11-17(21)18(12-16)29(26,27)22-13-15-8-6-5-7-9-15/h5-12,22H,3-4,13-14H2,1-2H3. The Hall–Kier alpha value is -2.42. The number of esters is 1. The zero-order chi connectivity index (χ0) is 21.4. The SMILES string of the molecule is CCN(CC)C(=O)COC(=O)c1ccc(Cl)c(S(=O)(=O)NCc2ccccc2)c1. The Kier molecular flexibility index (Phi) is 8.19. The lowest BCUT2D eigenvalue weighted by atomic mass is 10.2. The maximum atomic E-state index is 12.6. The number of benzene rings is 2. The molecule has 0 aliphatic rings. The van der Waals surface area contributed by atoms with Crippen LogP contribution < -0.4 is 4.72 Å². The molecule has 0 radical (unpaired) electrons. The fourth-order valence-corrected chi connectivity index (χ4v) is 4.11. The third kappa shape index (κ3) is 6.28. The minimum Gasteiger partial charge on any atom is -0.452 e. The smallest absolute Gasteiger partial charge is 0.338 e. The van der Waals surface area contributed by atoms with Crippen molar-refractivity contribution in [3.05, 3.63) is 64.7 Å². The lowest BCUT2D eigenvalue weighted by molar-refractivity contribution is -0.134. The van der Waals surface area contributed by atoms with Crippen molar-refractivity contribution in [3.8, 4) is 0 Å². The number of hydrogen-bond donors (Lipinski definition) is 1. The topological polar surface area (TPSA) is 92.8 Å². The summed E-state index contributed by atoms with van der Waals surface area (Å²) in [6.45, 7) is 4.31. The summed E-state index contributed by atoms with van der Waals surface area (Å²) in [5.74, 6) is -1.13. The molecule has 1 N–H and O–H groups in total. The number of rotatable bonds is 9. The van der Waals surface area contributed by atoms with Gasteiger partial charge in [-0.3, -0.25) is 4.79 Å². The summed E-state index contributed by atoms with van der Waals surface area (Å²) < 4.78 is 32.7. The minimum absolute atomic E-state index is 0.0122. The van der Waals surface area contributed by atoms with Crippen LogP contribution in [-0.2, 0) is 26.1 Å². The van der Waals surface area contributed by atoms with Gasteiger partial charge in [0.05, 0.1) is 10.6 Å². The lowest BCUT2D eigenvalue weighted by Crippen LogP contribution is -2.34. The molecule has 0 aliphatic carbocycles. The Bertz CT molecular complexity index is 960. The molecule has 0 aromatic heterocycles. The van der Waals surface area contributed by atoms with Crippen LogP contribution in [0.15, 0.2) is 53.4 Å². The van der Waals surface area contributed by atoms with Crippen molar-refractivity contribution in [1.82, 2.24) is 9.62 Å². The van der Waals surface area contributed by atoms with E-state index in [-0.39, 0.29) is 27.9 Å². The van der Waals surface area contributed by atoms with Crippen molar-refractivity contribution in [2.24, 2.45) is 0 Å². The molecule has 7 nitrogen and oxygen atoms in total. The van der Waals surface area contributed by atoms with Crippen molar-refractivity contribution in [1.29, 1.82) is 0 Å². The third-order valence-corrected chi connectivity index (χ3v) is 6.09. The number of carbonyl (C=O) groups is 2. The van der Waals surface area contributed by atoms with Gasteiger partial charge in [0.25, 0.3) is 5.91 Å². The van der Waals surface area contributed by atoms with Gasteiger partial charge in [-0.1, -0.05) is 41.9 Å². The van der Waals surface area contributed by atoms with E-state index in [4.69, 9.17) is 16.3 Å². The summed E-state index contributed by atoms with van der Waals surface area (Å²) in [4.78, 5) is 25.5. The summed E-state index contributed by atoms with van der Waals surface area (Å²) in [6.07, 6.45) is 0. The van der Waals surface area contributed by atoms with Crippen LogP contribution in [0.2, 0.25) is 5.02 Å². The zero-order valence-corrected chi connectivity index (χ0v) is 17.8. The quantitative estimate of drug-likeness (QED) is 0.607. The van der Waals surface area contributed by atoms with E-state index in [2.05, 4.69) is 4.72 Å². The van der Waals surface area contributed by atoms with Crippen molar-refractivity contribution in [3.63, 3.8) is 0 Å². The first-order valence-corrected chi connectivity index (χ1v) is 10.9. The molecule has 2 aromatic rings. The monoisotopic (exact) mass is 438 g/mol. The second-order valence-corrected chi connectivity index (χ2v) is 8.24. The maximum absolute atomic E-state index is 12.6. The van der Waals surface area contributed by atoms with E-state index >= 15 is 0 Å². The van der Waals surface area contributed by atoms with Gasteiger partial charge in [-0.2, -0.15) is 0 Å². The first-order valence-electron chi connectivity index (χ1n) is 9.06. The van der Waals surface area contributed by atoms with E-state index in [1.807, 2.05) is 19.9 Å². The molecular formula is C20H23ClN2O5S. The highest BCUT2D eigenvalue weighted by atomic mass is 35.5. The highest BCUT2D eigenvalue weighted by Gasteiger charge is 2.21. The summed E-state index contributed by atoms with van der Waals surface area (Å²) in [6, 6.07) is 12.8. The average molecular weight is 439 g/mol. The lowest BCUT2D eigenvalue weighted by Gasteiger charge is -2.18. The van der Waals surface area contributed by atoms with Crippen LogP contribution in [-0.4, -0.2) is 44.9 Å². The number of hydrogen-bond acceptors (Lipinski definition) is 5. The Morgan fingerprint density at radius 1 is 1.07 bits per heavy atom. The molecule has 0 fully saturated rings. The molecule has 0 saturated carbocycles. The molecule has 0 bridgehead atoms. The zero-order valence-electron chi connectivity index (χ0n) is 16.2. The highest BCUT2D eigenvalue weighted by molar-refractivity contribution is 7.89. The van der Waals surface area contributed by atoms with Crippen molar-refractivity contribution in [2.45, 2.75) is 25.3 Å². The van der Waals surface area contributed by atoms with Gasteiger partial charge in [0.2, 0.25) is 10.0 Å². The van der Waals surface area contributed by atoms with Crippen LogP contribution in [0.3, 0.4) is 0 Å². The van der Waals surface area contributed by atoms with Crippen LogP contribution in [0, 0.1) is 0 Å². The number of nitrogens with zero attached hydrogens (tertiary/aromatic N) is 1.